The van der Waals surface area contributed by atoms with Crippen molar-refractivity contribution in [1.29, 1.82) is 0 Å². The van der Waals surface area contributed by atoms with Crippen LogP contribution in [0.15, 0.2) is 15.1 Å². The van der Waals surface area contributed by atoms with Crippen LogP contribution in [0.25, 0.3) is 11.5 Å². The summed E-state index contributed by atoms with van der Waals surface area (Å²) in [6.45, 7) is 2.32. The van der Waals surface area contributed by atoms with Gasteiger partial charge in [0.05, 0.1) is 13.2 Å². The molecule has 0 spiro atoms. The highest BCUT2D eigenvalue weighted by Crippen LogP contribution is 2.14. The molecule has 0 atom stereocenters. The Balaban J connectivity index is 1.89. The summed E-state index contributed by atoms with van der Waals surface area (Å²) < 4.78 is 14.7. The van der Waals surface area contributed by atoms with Crippen LogP contribution < -0.4 is 5.32 Å². The highest BCUT2D eigenvalue weighted by Gasteiger charge is 2.12. The number of carbonyl (C=O) groups is 1. The first kappa shape index (κ1) is 13.2. The fraction of sp³-hybridized carbons (Fsp3) is 0.455. The molecule has 0 bridgehead atoms. The lowest BCUT2D eigenvalue weighted by Gasteiger charge is -2.00. The Hall–Kier alpha value is -2.22. The average Bonchev–Trinajstić information content (AvgIpc) is 3.02. The monoisotopic (exact) mass is 266 g/mol. The van der Waals surface area contributed by atoms with E-state index in [1.165, 1.54) is 7.11 Å². The van der Waals surface area contributed by atoms with Crippen LogP contribution in [0.1, 0.15) is 18.1 Å². The summed E-state index contributed by atoms with van der Waals surface area (Å²) in [4.78, 5) is 15.4. The number of nitrogens with zero attached hydrogens (tertiary/aromatic N) is 3. The molecule has 1 amide bonds. The number of ether oxygens (including phenoxy) is 1. The zero-order chi connectivity index (χ0) is 13.7. The van der Waals surface area contributed by atoms with Crippen molar-refractivity contribution in [2.75, 3.05) is 13.7 Å². The molecular formula is C11H14N4O4. The SMILES string of the molecule is COCCC(=O)NCc1nc(-c2cc(C)on2)no1. The van der Waals surface area contributed by atoms with Gasteiger partial charge in [0.25, 0.3) is 0 Å². The number of aryl methyl sites for hydroxylation is 1. The molecule has 8 nitrogen and oxygen atoms in total. The van der Waals surface area contributed by atoms with Crippen molar-refractivity contribution in [2.45, 2.75) is 19.9 Å². The molecule has 1 N–H and O–H groups in total. The maximum Gasteiger partial charge on any atom is 0.246 e. The highest BCUT2D eigenvalue weighted by atomic mass is 16.5. The van der Waals surface area contributed by atoms with E-state index in [4.69, 9.17) is 13.8 Å². The summed E-state index contributed by atoms with van der Waals surface area (Å²) in [7, 11) is 1.54. The van der Waals surface area contributed by atoms with Gasteiger partial charge in [-0.15, -0.1) is 0 Å². The minimum Gasteiger partial charge on any atom is -0.384 e. The Kier molecular flexibility index (Phi) is 4.24. The minimum atomic E-state index is -0.140. The van der Waals surface area contributed by atoms with Crippen molar-refractivity contribution in [3.8, 4) is 11.5 Å². The molecule has 0 aliphatic rings. The second-order valence-corrected chi connectivity index (χ2v) is 3.85. The van der Waals surface area contributed by atoms with Crippen LogP contribution in [-0.2, 0) is 16.1 Å². The lowest BCUT2D eigenvalue weighted by molar-refractivity contribution is -0.122. The molecule has 0 saturated carbocycles. The first-order valence-corrected chi connectivity index (χ1v) is 5.71. The van der Waals surface area contributed by atoms with Crippen LogP contribution in [0.3, 0.4) is 0 Å². The molecule has 0 aliphatic heterocycles. The Morgan fingerprint density at radius 3 is 2.95 bits per heavy atom. The Morgan fingerprint density at radius 1 is 1.42 bits per heavy atom. The third-order valence-corrected chi connectivity index (χ3v) is 2.30. The van der Waals surface area contributed by atoms with Crippen LogP contribution >= 0.6 is 0 Å². The van der Waals surface area contributed by atoms with Gasteiger partial charge >= 0.3 is 0 Å². The van der Waals surface area contributed by atoms with Gasteiger partial charge in [-0.25, -0.2) is 0 Å². The average molecular weight is 266 g/mol. The number of rotatable bonds is 6. The van der Waals surface area contributed by atoms with Gasteiger partial charge in [0.2, 0.25) is 17.6 Å². The molecule has 0 radical (unpaired) electrons. The molecule has 2 aromatic heterocycles. The zero-order valence-corrected chi connectivity index (χ0v) is 10.7. The van der Waals surface area contributed by atoms with Crippen molar-refractivity contribution in [3.05, 3.63) is 17.7 Å². The van der Waals surface area contributed by atoms with Crippen molar-refractivity contribution in [1.82, 2.24) is 20.6 Å². The molecule has 0 aliphatic carbocycles. The third-order valence-electron chi connectivity index (χ3n) is 2.30. The summed E-state index contributed by atoms with van der Waals surface area (Å²) in [6, 6.07) is 1.70. The normalized spacial score (nSPS) is 10.6. The van der Waals surface area contributed by atoms with Gasteiger partial charge in [-0.1, -0.05) is 10.3 Å². The van der Waals surface area contributed by atoms with Gasteiger partial charge in [0, 0.05) is 19.6 Å². The zero-order valence-electron chi connectivity index (χ0n) is 10.7. The molecule has 19 heavy (non-hydrogen) atoms. The second-order valence-electron chi connectivity index (χ2n) is 3.85. The van der Waals surface area contributed by atoms with Gasteiger partial charge in [0.15, 0.2) is 5.69 Å². The van der Waals surface area contributed by atoms with Gasteiger partial charge in [-0.05, 0) is 6.92 Å². The minimum absolute atomic E-state index is 0.140. The smallest absolute Gasteiger partial charge is 0.246 e. The first-order chi connectivity index (χ1) is 9.19. The van der Waals surface area contributed by atoms with E-state index in [1.54, 1.807) is 13.0 Å². The Bertz CT molecular complexity index is 548. The Labute approximate surface area is 109 Å². The third kappa shape index (κ3) is 3.62. The van der Waals surface area contributed by atoms with Crippen LogP contribution in [0.4, 0.5) is 0 Å². The molecule has 0 saturated heterocycles. The number of amides is 1. The summed E-state index contributed by atoms with van der Waals surface area (Å²) in [5.41, 5.74) is 0.498. The number of hydrogen-bond acceptors (Lipinski definition) is 7. The van der Waals surface area contributed by atoms with Crippen LogP contribution in [0.2, 0.25) is 0 Å². The van der Waals surface area contributed by atoms with Crippen LogP contribution in [0.5, 0.6) is 0 Å². The van der Waals surface area contributed by atoms with E-state index in [0.29, 0.717) is 36.2 Å². The number of nitrogens with one attached hydrogen (secondary N) is 1. The highest BCUT2D eigenvalue weighted by molar-refractivity contribution is 5.75. The largest absolute Gasteiger partial charge is 0.384 e. The lowest BCUT2D eigenvalue weighted by Crippen LogP contribution is -2.23. The molecule has 2 aromatic rings. The second kappa shape index (κ2) is 6.10. The predicted molar refractivity (Wildman–Crippen MR) is 62.9 cm³/mol. The fourth-order valence-corrected chi connectivity index (χ4v) is 1.36. The predicted octanol–water partition coefficient (Wildman–Crippen LogP) is 0.686. The van der Waals surface area contributed by atoms with E-state index in [9.17, 15) is 4.79 Å². The summed E-state index contributed by atoms with van der Waals surface area (Å²) >= 11 is 0. The number of carbonyl (C=O) groups excluding carboxylic acids is 1. The van der Waals surface area contributed by atoms with E-state index >= 15 is 0 Å². The van der Waals surface area contributed by atoms with E-state index < -0.39 is 0 Å². The van der Waals surface area contributed by atoms with Gasteiger partial charge in [-0.2, -0.15) is 4.98 Å². The number of aromatic nitrogens is 3. The van der Waals surface area contributed by atoms with E-state index in [2.05, 4.69) is 20.6 Å². The molecule has 8 heteroatoms. The maximum absolute atomic E-state index is 11.3. The summed E-state index contributed by atoms with van der Waals surface area (Å²) in [5, 5.41) is 10.2. The van der Waals surface area contributed by atoms with Crippen molar-refractivity contribution >= 4 is 5.91 Å². The van der Waals surface area contributed by atoms with Crippen molar-refractivity contribution < 1.29 is 18.6 Å². The molecule has 0 aromatic carbocycles. The van der Waals surface area contributed by atoms with Crippen molar-refractivity contribution in [2.24, 2.45) is 0 Å². The number of methoxy groups -OCH3 is 1. The van der Waals surface area contributed by atoms with Crippen LogP contribution in [-0.4, -0.2) is 34.9 Å². The topological polar surface area (TPSA) is 103 Å². The molecule has 2 heterocycles. The fourth-order valence-electron chi connectivity index (χ4n) is 1.36. The summed E-state index contributed by atoms with van der Waals surface area (Å²) in [5.74, 6) is 1.16. The lowest BCUT2D eigenvalue weighted by atomic mass is 10.4. The van der Waals surface area contributed by atoms with Crippen LogP contribution in [0, 0.1) is 6.92 Å². The van der Waals surface area contributed by atoms with E-state index in [0.717, 1.165) is 0 Å². The van der Waals surface area contributed by atoms with Gasteiger partial charge in [0.1, 0.15) is 5.76 Å². The van der Waals surface area contributed by atoms with Gasteiger partial charge in [-0.3, -0.25) is 4.79 Å². The molecule has 2 rings (SSSR count). The van der Waals surface area contributed by atoms with Crippen molar-refractivity contribution in [3.63, 3.8) is 0 Å². The molecular weight excluding hydrogens is 252 g/mol. The van der Waals surface area contributed by atoms with E-state index in [-0.39, 0.29) is 12.5 Å². The van der Waals surface area contributed by atoms with E-state index in [1.807, 2.05) is 0 Å². The molecule has 0 unspecified atom stereocenters. The standard InChI is InChI=1S/C11H14N4O4/c1-7-5-8(14-18-7)11-13-10(19-15-11)6-12-9(16)3-4-17-2/h5H,3-4,6H2,1-2H3,(H,12,16). The quantitative estimate of drug-likeness (QED) is 0.820. The Morgan fingerprint density at radius 2 is 2.26 bits per heavy atom. The maximum atomic E-state index is 11.3. The number of hydrogen-bond donors (Lipinski definition) is 1. The summed E-state index contributed by atoms with van der Waals surface area (Å²) in [6.07, 6.45) is 0.292. The first-order valence-electron chi connectivity index (χ1n) is 5.71. The molecule has 102 valence electrons. The molecule has 0 fully saturated rings. The van der Waals surface area contributed by atoms with Gasteiger partial charge < -0.3 is 19.1 Å².